The maximum Gasteiger partial charge on any atom is 0.446 e. The lowest BCUT2D eigenvalue weighted by Gasteiger charge is -2.23. The SMILES string of the molecule is C.NCCc1coc2ccccc12.O=CC(F)(F)F.O=Cc1cccc([N+](=O)[O-])c1.O=[N+]([O-])c1cccc(C2NCCc3c2oc2ccccc32)c1. The van der Waals surface area contributed by atoms with Gasteiger partial charge < -0.3 is 19.9 Å². The van der Waals surface area contributed by atoms with Crippen molar-refractivity contribution >= 4 is 45.9 Å². The summed E-state index contributed by atoms with van der Waals surface area (Å²) in [6.45, 7) is 1.49. The fourth-order valence-electron chi connectivity index (χ4n) is 5.22. The van der Waals surface area contributed by atoms with Crippen molar-refractivity contribution in [2.75, 3.05) is 13.1 Å². The summed E-state index contributed by atoms with van der Waals surface area (Å²) in [5.41, 5.74) is 10.9. The van der Waals surface area contributed by atoms with Gasteiger partial charge in [-0.05, 0) is 42.6 Å². The Morgan fingerprint density at radius 3 is 2.06 bits per heavy atom. The minimum absolute atomic E-state index is 0. The van der Waals surface area contributed by atoms with E-state index in [1.165, 1.54) is 46.8 Å². The predicted molar refractivity (Wildman–Crippen MR) is 189 cm³/mol. The molecule has 0 radical (unpaired) electrons. The summed E-state index contributed by atoms with van der Waals surface area (Å²) < 4.78 is 42.6. The largest absolute Gasteiger partial charge is 0.464 e. The number of nitrogens with one attached hydrogen (secondary N) is 1. The number of nitro benzene ring substituents is 2. The third-order valence-corrected chi connectivity index (χ3v) is 7.46. The van der Waals surface area contributed by atoms with Crippen molar-refractivity contribution < 1.29 is 41.4 Å². The van der Waals surface area contributed by atoms with E-state index >= 15 is 0 Å². The lowest BCUT2D eigenvalue weighted by Crippen LogP contribution is -2.29. The molecule has 6 aromatic rings. The van der Waals surface area contributed by atoms with Crippen LogP contribution in [0.1, 0.15) is 46.3 Å². The highest BCUT2D eigenvalue weighted by Gasteiger charge is 2.28. The summed E-state index contributed by atoms with van der Waals surface area (Å²) in [7, 11) is 0. The smallest absolute Gasteiger partial charge is 0.446 e. The Morgan fingerprint density at radius 1 is 0.846 bits per heavy atom. The quantitative estimate of drug-likeness (QED) is 0.0963. The Bertz CT molecular complexity index is 2130. The molecule has 12 nitrogen and oxygen atoms in total. The first-order valence-electron chi connectivity index (χ1n) is 15.3. The molecule has 0 saturated carbocycles. The van der Waals surface area contributed by atoms with Crippen LogP contribution in [0.2, 0.25) is 0 Å². The molecule has 1 atom stereocenters. The summed E-state index contributed by atoms with van der Waals surface area (Å²) in [6.07, 6.45) is -1.55. The van der Waals surface area contributed by atoms with Gasteiger partial charge in [-0.15, -0.1) is 0 Å². The number of nitrogens with two attached hydrogens (primary N) is 1. The number of benzene rings is 4. The number of alkyl halides is 3. The fourth-order valence-corrected chi connectivity index (χ4v) is 5.22. The molecular weight excluding hydrogens is 685 g/mol. The number of carbonyl (C=O) groups is 2. The second-order valence-corrected chi connectivity index (χ2v) is 10.9. The number of aldehydes is 2. The van der Waals surface area contributed by atoms with Crippen LogP contribution in [-0.2, 0) is 17.6 Å². The van der Waals surface area contributed by atoms with E-state index < -0.39 is 17.4 Å². The van der Waals surface area contributed by atoms with E-state index in [0.717, 1.165) is 47.3 Å². The maximum atomic E-state index is 11.0. The molecular formula is C37H35F3N4O8. The van der Waals surface area contributed by atoms with Gasteiger partial charge in [0.25, 0.3) is 11.4 Å². The van der Waals surface area contributed by atoms with Crippen LogP contribution in [0.15, 0.2) is 112 Å². The zero-order valence-corrected chi connectivity index (χ0v) is 26.7. The Labute approximate surface area is 295 Å². The third kappa shape index (κ3) is 10.7. The Morgan fingerprint density at radius 2 is 1.44 bits per heavy atom. The summed E-state index contributed by atoms with van der Waals surface area (Å²) in [6, 6.07) is 28.1. The number of hydrogen-bond acceptors (Lipinski definition) is 10. The molecule has 3 heterocycles. The zero-order chi connectivity index (χ0) is 37.0. The van der Waals surface area contributed by atoms with Gasteiger partial charge in [0.05, 0.1) is 22.2 Å². The zero-order valence-electron chi connectivity index (χ0n) is 26.7. The van der Waals surface area contributed by atoms with E-state index in [0.29, 0.717) is 18.4 Å². The first-order valence-corrected chi connectivity index (χ1v) is 15.3. The lowest BCUT2D eigenvalue weighted by molar-refractivity contribution is -0.385. The van der Waals surface area contributed by atoms with Crippen LogP contribution in [0.25, 0.3) is 21.9 Å². The number of non-ortho nitro benzene ring substituents is 2. The monoisotopic (exact) mass is 720 g/mol. The predicted octanol–water partition coefficient (Wildman–Crippen LogP) is 8.30. The average Bonchev–Trinajstić information content (AvgIpc) is 3.74. The van der Waals surface area contributed by atoms with Crippen molar-refractivity contribution in [1.82, 2.24) is 5.32 Å². The molecule has 3 N–H and O–H groups in total. The third-order valence-electron chi connectivity index (χ3n) is 7.46. The van der Waals surface area contributed by atoms with Crippen molar-refractivity contribution in [2.24, 2.45) is 5.73 Å². The van der Waals surface area contributed by atoms with Gasteiger partial charge in [0, 0.05) is 52.7 Å². The van der Waals surface area contributed by atoms with E-state index in [2.05, 4.69) is 17.4 Å². The van der Waals surface area contributed by atoms with Gasteiger partial charge in [-0.1, -0.05) is 68.1 Å². The lowest BCUT2D eigenvalue weighted by atomic mass is 9.94. The van der Waals surface area contributed by atoms with Crippen LogP contribution in [0.5, 0.6) is 0 Å². The van der Waals surface area contributed by atoms with E-state index in [1.807, 2.05) is 42.5 Å². The molecule has 272 valence electrons. The summed E-state index contributed by atoms with van der Waals surface area (Å²) in [5, 5.41) is 26.9. The van der Waals surface area contributed by atoms with Crippen LogP contribution >= 0.6 is 0 Å². The normalized spacial score (nSPS) is 13.0. The second-order valence-electron chi connectivity index (χ2n) is 10.9. The van der Waals surface area contributed by atoms with Crippen molar-refractivity contribution in [3.05, 3.63) is 152 Å². The van der Waals surface area contributed by atoms with Gasteiger partial charge in [0.15, 0.2) is 0 Å². The van der Waals surface area contributed by atoms with Gasteiger partial charge in [-0.3, -0.25) is 29.8 Å². The molecule has 1 aliphatic heterocycles. The van der Waals surface area contributed by atoms with Crippen molar-refractivity contribution in [2.45, 2.75) is 32.5 Å². The average molecular weight is 721 g/mol. The van der Waals surface area contributed by atoms with Gasteiger partial charge >= 0.3 is 6.18 Å². The van der Waals surface area contributed by atoms with Crippen LogP contribution in [0, 0.1) is 20.2 Å². The highest BCUT2D eigenvalue weighted by atomic mass is 19.4. The molecule has 52 heavy (non-hydrogen) atoms. The number of nitrogens with zero attached hydrogens (tertiary/aromatic N) is 2. The number of hydrogen-bond donors (Lipinski definition) is 2. The van der Waals surface area contributed by atoms with Crippen LogP contribution in [0.4, 0.5) is 24.5 Å². The van der Waals surface area contributed by atoms with Gasteiger partial charge in [0.1, 0.15) is 23.2 Å². The van der Waals surface area contributed by atoms with E-state index in [4.69, 9.17) is 19.4 Å². The standard InChI is InChI=1S/C17H14N2O3.C10H11NO.C7H5NO3.C2HF3O.CH4/c20-19(21)12-5-3-4-11(10-12)16-17-14(8-9-18-16)13-6-1-2-7-15(13)22-17;11-6-5-8-7-12-10-4-2-1-3-9(8)10;9-5-6-2-1-3-7(4-6)8(10)11;3-2(4,5)1-6;/h1-7,10,16,18H,8-9H2;1-4,7H,5-6,11H2;1-5H;1H;1H4. The number of nitro groups is 2. The van der Waals surface area contributed by atoms with Crippen LogP contribution in [-0.4, -0.2) is 41.7 Å². The number of halogens is 3. The van der Waals surface area contributed by atoms with Crippen molar-refractivity contribution in [3.63, 3.8) is 0 Å². The van der Waals surface area contributed by atoms with Gasteiger partial charge in [-0.25, -0.2) is 0 Å². The summed E-state index contributed by atoms with van der Waals surface area (Å²) >= 11 is 0. The molecule has 4 aromatic carbocycles. The Hall–Kier alpha value is -6.19. The van der Waals surface area contributed by atoms with Gasteiger partial charge in [0.2, 0.25) is 6.29 Å². The Balaban J connectivity index is 0.000000207. The van der Waals surface area contributed by atoms with Gasteiger partial charge in [-0.2, -0.15) is 13.2 Å². The molecule has 0 spiro atoms. The highest BCUT2D eigenvalue weighted by molar-refractivity contribution is 5.83. The molecule has 0 fully saturated rings. The topological polar surface area (TPSA) is 185 Å². The molecule has 1 unspecified atom stereocenters. The molecule has 0 amide bonds. The minimum Gasteiger partial charge on any atom is -0.464 e. The second kappa shape index (κ2) is 18.7. The summed E-state index contributed by atoms with van der Waals surface area (Å²) in [4.78, 5) is 39.1. The summed E-state index contributed by atoms with van der Waals surface area (Å²) in [5.74, 6) is 0.868. The molecule has 1 aliphatic rings. The molecule has 2 aromatic heterocycles. The van der Waals surface area contributed by atoms with Crippen molar-refractivity contribution in [1.29, 1.82) is 0 Å². The van der Waals surface area contributed by atoms with Crippen LogP contribution in [0.3, 0.4) is 0 Å². The number of rotatable bonds is 6. The molecule has 0 bridgehead atoms. The molecule has 0 aliphatic carbocycles. The minimum atomic E-state index is -4.64. The highest BCUT2D eigenvalue weighted by Crippen LogP contribution is 2.36. The number of furan rings is 2. The Kier molecular flexibility index (Phi) is 14.5. The first kappa shape index (κ1) is 40.2. The number of fused-ring (bicyclic) bond motifs is 4. The van der Waals surface area contributed by atoms with E-state index in [1.54, 1.807) is 18.4 Å². The van der Waals surface area contributed by atoms with Crippen molar-refractivity contribution in [3.8, 4) is 0 Å². The van der Waals surface area contributed by atoms with E-state index in [-0.39, 0.29) is 29.8 Å². The fraction of sp³-hybridized carbons (Fsp3) is 0.189. The number of para-hydroxylation sites is 2. The molecule has 7 rings (SSSR count). The van der Waals surface area contributed by atoms with E-state index in [9.17, 15) is 38.2 Å². The molecule has 15 heteroatoms. The first-order chi connectivity index (χ1) is 24.4. The number of carbonyl (C=O) groups excluding carboxylic acids is 2. The van der Waals surface area contributed by atoms with Crippen LogP contribution < -0.4 is 11.1 Å². The maximum absolute atomic E-state index is 11.0. The molecule has 0 saturated heterocycles.